The van der Waals surface area contributed by atoms with Gasteiger partial charge in [-0.25, -0.2) is 9.78 Å². The highest BCUT2D eigenvalue weighted by atomic mass is 32.1. The molecule has 3 atom stereocenters. The zero-order chi connectivity index (χ0) is 26.8. The van der Waals surface area contributed by atoms with Crippen LogP contribution < -0.4 is 10.1 Å². The zero-order valence-corrected chi connectivity index (χ0v) is 20.1. The van der Waals surface area contributed by atoms with Crippen molar-refractivity contribution in [3.8, 4) is 5.88 Å². The second-order valence-electron chi connectivity index (χ2n) is 8.17. The third kappa shape index (κ3) is 6.69. The number of aromatic nitrogens is 1. The molecular formula is C21H23F6N3O5S. The van der Waals surface area contributed by atoms with Gasteiger partial charge < -0.3 is 19.7 Å². The van der Waals surface area contributed by atoms with Crippen molar-refractivity contribution in [2.45, 2.75) is 57.5 Å². The molecule has 1 aliphatic rings. The van der Waals surface area contributed by atoms with Crippen LogP contribution in [0.15, 0.2) is 11.4 Å². The maximum atomic E-state index is 13.7. The van der Waals surface area contributed by atoms with E-state index in [1.807, 2.05) is 0 Å². The topological polar surface area (TPSA) is 90.0 Å². The van der Waals surface area contributed by atoms with Crippen LogP contribution in [0.25, 0.3) is 10.2 Å². The van der Waals surface area contributed by atoms with Gasteiger partial charge in [-0.05, 0) is 13.8 Å². The van der Waals surface area contributed by atoms with Crippen LogP contribution >= 0.6 is 11.3 Å². The number of thiophene rings is 1. The average molecular weight is 543 g/mol. The number of carbonyl (C=O) groups is 2. The summed E-state index contributed by atoms with van der Waals surface area (Å²) in [4.78, 5) is 29.9. The molecule has 0 aliphatic carbocycles. The number of hydrogen-bond donors (Lipinski definition) is 1. The summed E-state index contributed by atoms with van der Waals surface area (Å²) in [6, 6.07) is 0.292. The molecule has 1 aliphatic heterocycles. The van der Waals surface area contributed by atoms with Crippen LogP contribution in [-0.2, 0) is 15.7 Å². The first-order valence-electron chi connectivity index (χ1n) is 10.8. The minimum atomic E-state index is -4.85. The lowest BCUT2D eigenvalue weighted by Crippen LogP contribution is -2.48. The van der Waals surface area contributed by atoms with Crippen LogP contribution in [0.1, 0.15) is 42.6 Å². The first kappa shape index (κ1) is 27.8. The van der Waals surface area contributed by atoms with Crippen LogP contribution in [-0.4, -0.2) is 66.7 Å². The number of hydrogen-bond acceptors (Lipinski definition) is 7. The van der Waals surface area contributed by atoms with Gasteiger partial charge in [0, 0.05) is 43.9 Å². The van der Waals surface area contributed by atoms with E-state index in [2.05, 4.69) is 15.0 Å². The van der Waals surface area contributed by atoms with Gasteiger partial charge in [0.1, 0.15) is 12.2 Å². The van der Waals surface area contributed by atoms with Crippen molar-refractivity contribution >= 4 is 33.6 Å². The Bertz CT molecular complexity index is 1110. The number of halogens is 6. The normalized spacial score (nSPS) is 19.8. The van der Waals surface area contributed by atoms with Crippen molar-refractivity contribution in [1.82, 2.24) is 15.2 Å². The Morgan fingerprint density at radius 1 is 1.28 bits per heavy atom. The fourth-order valence-corrected chi connectivity index (χ4v) is 4.74. The minimum Gasteiger partial charge on any atom is -0.474 e. The van der Waals surface area contributed by atoms with Gasteiger partial charge in [0.25, 0.3) is 5.91 Å². The number of amides is 2. The first-order valence-corrected chi connectivity index (χ1v) is 11.6. The smallest absolute Gasteiger partial charge is 0.474 e. The van der Waals surface area contributed by atoms with Crippen molar-refractivity contribution in [2.24, 2.45) is 0 Å². The van der Waals surface area contributed by atoms with Gasteiger partial charge in [0.05, 0.1) is 28.0 Å². The molecule has 3 heterocycles. The molecule has 0 bridgehead atoms. The quantitative estimate of drug-likeness (QED) is 0.518. The summed E-state index contributed by atoms with van der Waals surface area (Å²) >= 11 is 0.751. The van der Waals surface area contributed by atoms with Gasteiger partial charge in [0.15, 0.2) is 0 Å². The largest absolute Gasteiger partial charge is 0.522 e. The predicted molar refractivity (Wildman–Crippen MR) is 116 cm³/mol. The molecule has 36 heavy (non-hydrogen) atoms. The fraction of sp³-hybridized carbons (Fsp3) is 0.571. The molecule has 2 amide bonds. The van der Waals surface area contributed by atoms with E-state index in [1.54, 1.807) is 6.92 Å². The molecule has 1 N–H and O–H groups in total. The number of rotatable bonds is 6. The Morgan fingerprint density at radius 2 is 1.97 bits per heavy atom. The summed E-state index contributed by atoms with van der Waals surface area (Å²) in [6.07, 6.45) is -11.8. The fourth-order valence-electron chi connectivity index (χ4n) is 3.72. The Kier molecular flexibility index (Phi) is 8.23. The molecule has 1 fully saturated rings. The van der Waals surface area contributed by atoms with Crippen LogP contribution in [0.5, 0.6) is 5.88 Å². The van der Waals surface area contributed by atoms with E-state index in [-0.39, 0.29) is 41.0 Å². The Labute approximate surface area is 205 Å². The lowest BCUT2D eigenvalue weighted by atomic mass is 10.0. The molecule has 0 aromatic carbocycles. The van der Waals surface area contributed by atoms with E-state index < -0.39 is 55.0 Å². The number of nitrogens with zero attached hydrogens (tertiary/aromatic N) is 2. The van der Waals surface area contributed by atoms with Gasteiger partial charge in [-0.15, -0.1) is 24.5 Å². The van der Waals surface area contributed by atoms with E-state index in [0.29, 0.717) is 0 Å². The van der Waals surface area contributed by atoms with E-state index in [1.165, 1.54) is 24.3 Å². The molecule has 8 nitrogen and oxygen atoms in total. The predicted octanol–water partition coefficient (Wildman–Crippen LogP) is 4.97. The van der Waals surface area contributed by atoms with E-state index in [4.69, 9.17) is 9.47 Å². The molecule has 200 valence electrons. The molecule has 0 unspecified atom stereocenters. The molecule has 2 aromatic heterocycles. The van der Waals surface area contributed by atoms with Crippen molar-refractivity contribution in [3.63, 3.8) is 0 Å². The van der Waals surface area contributed by atoms with Crippen molar-refractivity contribution in [3.05, 3.63) is 22.6 Å². The highest BCUT2D eigenvalue weighted by Crippen LogP contribution is 2.40. The molecular weight excluding hydrogens is 520 g/mol. The Hall–Kier alpha value is -2.81. The Morgan fingerprint density at radius 3 is 2.56 bits per heavy atom. The molecule has 0 saturated carbocycles. The van der Waals surface area contributed by atoms with Gasteiger partial charge in [-0.2, -0.15) is 13.2 Å². The summed E-state index contributed by atoms with van der Waals surface area (Å²) in [5.74, 6) is -0.904. The monoisotopic (exact) mass is 543 g/mol. The summed E-state index contributed by atoms with van der Waals surface area (Å²) in [5, 5.41) is 3.66. The van der Waals surface area contributed by atoms with Gasteiger partial charge in [-0.3, -0.25) is 9.53 Å². The maximum absolute atomic E-state index is 13.7. The van der Waals surface area contributed by atoms with Gasteiger partial charge >= 0.3 is 18.6 Å². The van der Waals surface area contributed by atoms with Crippen LogP contribution in [0.2, 0.25) is 0 Å². The Balaban J connectivity index is 1.70. The van der Waals surface area contributed by atoms with Gasteiger partial charge in [-0.1, -0.05) is 0 Å². The summed E-state index contributed by atoms with van der Waals surface area (Å²) in [5.41, 5.74) is -1.12. The third-order valence-corrected chi connectivity index (χ3v) is 6.41. The number of pyridine rings is 1. The number of likely N-dealkylation sites (tertiary alicyclic amines) is 1. The van der Waals surface area contributed by atoms with E-state index >= 15 is 0 Å². The third-order valence-electron chi connectivity index (χ3n) is 5.41. The molecule has 15 heteroatoms. The zero-order valence-electron chi connectivity index (χ0n) is 19.3. The van der Waals surface area contributed by atoms with Crippen molar-refractivity contribution in [2.75, 3.05) is 20.2 Å². The second-order valence-corrected chi connectivity index (χ2v) is 9.05. The standard InChI is InChI=1S/C21H23F6N3O5S/c1-10-6-12(4-5-30(10)19(32)34-11(2)8-33-21(25,26)27)35-15-7-14(20(22,23)24)17-16(29-15)13(9-36-17)18(31)28-3/h7,9-12H,4-6,8H2,1-3H3,(H,28,31)/t10-,11+,12-/m1/s1. The summed E-state index contributed by atoms with van der Waals surface area (Å²) in [6.45, 7) is 2.13. The number of fused-ring (bicyclic) bond motifs is 1. The highest BCUT2D eigenvalue weighted by molar-refractivity contribution is 7.17. The maximum Gasteiger partial charge on any atom is 0.522 e. The van der Waals surface area contributed by atoms with Crippen molar-refractivity contribution < 1.29 is 50.1 Å². The minimum absolute atomic E-state index is 0.0111. The van der Waals surface area contributed by atoms with E-state index in [9.17, 15) is 35.9 Å². The number of piperidine rings is 1. The molecule has 0 spiro atoms. The van der Waals surface area contributed by atoms with Crippen LogP contribution in [0.3, 0.4) is 0 Å². The number of alkyl halides is 6. The molecule has 2 aromatic rings. The summed E-state index contributed by atoms with van der Waals surface area (Å²) < 4.78 is 91.7. The van der Waals surface area contributed by atoms with Crippen LogP contribution in [0.4, 0.5) is 31.1 Å². The number of carbonyl (C=O) groups excluding carboxylic acids is 2. The lowest BCUT2D eigenvalue weighted by Gasteiger charge is -2.37. The SMILES string of the molecule is CNC(=O)c1csc2c(C(F)(F)F)cc(O[C@@H]3CCN(C(=O)O[C@@H](C)COC(F)(F)F)[C@H](C)C3)nc12. The van der Waals surface area contributed by atoms with Crippen molar-refractivity contribution in [1.29, 1.82) is 0 Å². The molecule has 0 radical (unpaired) electrons. The molecule has 3 rings (SSSR count). The van der Waals surface area contributed by atoms with E-state index in [0.717, 1.165) is 17.4 Å². The number of nitrogens with one attached hydrogen (secondary N) is 1. The highest BCUT2D eigenvalue weighted by Gasteiger charge is 2.37. The lowest BCUT2D eigenvalue weighted by molar-refractivity contribution is -0.329. The summed E-state index contributed by atoms with van der Waals surface area (Å²) in [7, 11) is 1.35. The second kappa shape index (κ2) is 10.7. The van der Waals surface area contributed by atoms with Gasteiger partial charge in [0.2, 0.25) is 5.88 Å². The first-order chi connectivity index (χ1) is 16.7. The average Bonchev–Trinajstić information content (AvgIpc) is 3.19. The number of ether oxygens (including phenoxy) is 3. The molecule has 1 saturated heterocycles. The van der Waals surface area contributed by atoms with Crippen LogP contribution in [0, 0.1) is 0 Å².